The van der Waals surface area contributed by atoms with Crippen LogP contribution in [-0.2, 0) is 14.4 Å². The number of hydrogen-bond donors (Lipinski definition) is 3. The molecule has 0 saturated carbocycles. The van der Waals surface area contributed by atoms with E-state index in [1.165, 1.54) is 34.9 Å². The molecule has 6 bridgehead atoms. The van der Waals surface area contributed by atoms with E-state index in [4.69, 9.17) is 15.0 Å². The number of hydrogen-bond acceptors (Lipinski definition) is 11. The maximum Gasteiger partial charge on any atom is 0.271 e. The molecule has 0 spiro atoms. The van der Waals surface area contributed by atoms with Gasteiger partial charge in [0.05, 0.1) is 28.2 Å². The summed E-state index contributed by atoms with van der Waals surface area (Å²) in [5.41, 5.74) is 0.298. The second-order valence-electron chi connectivity index (χ2n) is 12.3. The molecule has 5 heterocycles. The number of carbonyl (C=O) groups is 4. The first-order valence-electron chi connectivity index (χ1n) is 15.7. The summed E-state index contributed by atoms with van der Waals surface area (Å²) in [6.45, 7) is 8.58. The van der Waals surface area contributed by atoms with Gasteiger partial charge in [-0.25, -0.2) is 4.98 Å². The van der Waals surface area contributed by atoms with Crippen LogP contribution in [0.4, 0.5) is 0 Å². The quantitative estimate of drug-likeness (QED) is 0.412. The second kappa shape index (κ2) is 15.2. The Bertz CT molecular complexity index is 1350. The van der Waals surface area contributed by atoms with Crippen molar-refractivity contribution in [1.29, 1.82) is 0 Å². The molecular formula is C30H43N7O4S4. The largest absolute Gasteiger partial charge is 0.345 e. The molecule has 4 aliphatic rings. The van der Waals surface area contributed by atoms with E-state index in [0.717, 1.165) is 30.1 Å². The highest BCUT2D eigenvalue weighted by molar-refractivity contribution is 8.14. The van der Waals surface area contributed by atoms with Gasteiger partial charge in [0.1, 0.15) is 28.8 Å². The standard InChI is InChI=1S/C30H43N7O4S4/c1-6-16(4)23-29-34-18(14-45-29)24(38)31-17(9-11-42-5)27-32-19(12-43-27)25(39)35-22(15(2)3)30(41)37-10-7-8-21(37)28-33-20(13-44-28)26(40)36-23/h14-17,19-23H,6-13H2,1-5H3,(H,31,38)(H,35,39)(H,36,40). The fourth-order valence-corrected chi connectivity index (χ4v) is 9.63. The van der Waals surface area contributed by atoms with Gasteiger partial charge < -0.3 is 20.9 Å². The number of nitrogens with zero attached hydrogens (tertiary/aromatic N) is 4. The Morgan fingerprint density at radius 2 is 1.64 bits per heavy atom. The van der Waals surface area contributed by atoms with Gasteiger partial charge in [0.25, 0.3) is 5.91 Å². The van der Waals surface area contributed by atoms with Crippen molar-refractivity contribution in [3.8, 4) is 0 Å². The van der Waals surface area contributed by atoms with Crippen LogP contribution in [-0.4, -0.2) is 104 Å². The van der Waals surface area contributed by atoms with Gasteiger partial charge in [-0.05, 0) is 43.1 Å². The molecule has 246 valence electrons. The zero-order valence-corrected chi connectivity index (χ0v) is 29.7. The van der Waals surface area contributed by atoms with Gasteiger partial charge in [-0.3, -0.25) is 29.2 Å². The third-order valence-electron chi connectivity index (χ3n) is 8.75. The van der Waals surface area contributed by atoms with Crippen LogP contribution in [0.25, 0.3) is 0 Å². The number of amides is 4. The molecule has 1 aromatic heterocycles. The van der Waals surface area contributed by atoms with Gasteiger partial charge in [0.15, 0.2) is 0 Å². The molecule has 4 amide bonds. The average Bonchev–Trinajstić information content (AvgIpc) is 3.85. The molecule has 1 fully saturated rings. The molecule has 7 unspecified atom stereocenters. The van der Waals surface area contributed by atoms with E-state index in [1.54, 1.807) is 17.1 Å². The summed E-state index contributed by atoms with van der Waals surface area (Å²) in [5, 5.41) is 13.2. The van der Waals surface area contributed by atoms with E-state index < -0.39 is 18.1 Å². The van der Waals surface area contributed by atoms with Crippen LogP contribution in [0, 0.1) is 11.8 Å². The molecule has 11 nitrogen and oxygen atoms in total. The SMILES string of the molecule is CCC(C)C1NC(=O)C2CSC(=N2)C2CCCN2C(=O)C(C(C)C)NC(=O)C2CSC(=N2)C(CCSC)NC(=O)c2csc1n2. The Labute approximate surface area is 281 Å². The average molecular weight is 694 g/mol. The molecule has 5 rings (SSSR count). The Hall–Kier alpha value is -2.10. The Morgan fingerprint density at radius 1 is 0.978 bits per heavy atom. The monoisotopic (exact) mass is 693 g/mol. The maximum atomic E-state index is 14.0. The van der Waals surface area contributed by atoms with E-state index in [2.05, 4.69) is 29.8 Å². The Kier molecular flexibility index (Phi) is 11.6. The number of carbonyl (C=O) groups excluding carboxylic acids is 4. The van der Waals surface area contributed by atoms with Crippen molar-refractivity contribution in [3.63, 3.8) is 0 Å². The molecule has 0 aromatic carbocycles. The normalized spacial score (nSPS) is 30.2. The minimum atomic E-state index is -0.704. The van der Waals surface area contributed by atoms with Crippen LogP contribution >= 0.6 is 46.6 Å². The lowest BCUT2D eigenvalue weighted by Crippen LogP contribution is -2.55. The van der Waals surface area contributed by atoms with Crippen LogP contribution in [0.3, 0.4) is 0 Å². The fraction of sp³-hybridized carbons (Fsp3) is 0.700. The van der Waals surface area contributed by atoms with Crippen LogP contribution in [0.15, 0.2) is 15.4 Å². The van der Waals surface area contributed by atoms with Crippen molar-refractivity contribution in [1.82, 2.24) is 25.8 Å². The summed E-state index contributed by atoms with van der Waals surface area (Å²) in [7, 11) is 0. The minimum absolute atomic E-state index is 0.0894. The summed E-state index contributed by atoms with van der Waals surface area (Å²) >= 11 is 6.04. The summed E-state index contributed by atoms with van der Waals surface area (Å²) in [6.07, 6.45) is 5.09. The van der Waals surface area contributed by atoms with E-state index >= 15 is 0 Å². The summed E-state index contributed by atoms with van der Waals surface area (Å²) in [5.74, 6) is 0.803. The number of fused-ring (bicyclic) bond motifs is 6. The van der Waals surface area contributed by atoms with Crippen molar-refractivity contribution in [3.05, 3.63) is 16.1 Å². The van der Waals surface area contributed by atoms with Crippen LogP contribution in [0.5, 0.6) is 0 Å². The molecule has 1 saturated heterocycles. The fourth-order valence-electron chi connectivity index (χ4n) is 5.85. The van der Waals surface area contributed by atoms with Crippen molar-refractivity contribution >= 4 is 80.3 Å². The van der Waals surface area contributed by atoms with Crippen LogP contribution in [0.2, 0.25) is 0 Å². The first-order valence-corrected chi connectivity index (χ1v) is 19.9. The number of rotatable bonds is 6. The third kappa shape index (κ3) is 7.73. The molecule has 0 aliphatic carbocycles. The minimum Gasteiger partial charge on any atom is -0.345 e. The molecule has 1 aromatic rings. The molecule has 45 heavy (non-hydrogen) atoms. The molecular weight excluding hydrogens is 651 g/mol. The molecule has 0 radical (unpaired) electrons. The number of nitrogens with one attached hydrogen (secondary N) is 3. The van der Waals surface area contributed by atoms with Gasteiger partial charge in [-0.15, -0.1) is 34.9 Å². The zero-order chi connectivity index (χ0) is 32.2. The highest BCUT2D eigenvalue weighted by atomic mass is 32.2. The van der Waals surface area contributed by atoms with Gasteiger partial charge in [0.2, 0.25) is 17.7 Å². The van der Waals surface area contributed by atoms with Crippen molar-refractivity contribution in [2.24, 2.45) is 21.8 Å². The van der Waals surface area contributed by atoms with Gasteiger partial charge in [0, 0.05) is 23.4 Å². The highest BCUT2D eigenvalue weighted by Gasteiger charge is 2.42. The number of aromatic nitrogens is 1. The Morgan fingerprint density at radius 3 is 2.31 bits per heavy atom. The lowest BCUT2D eigenvalue weighted by molar-refractivity contribution is -0.137. The smallest absolute Gasteiger partial charge is 0.271 e. The second-order valence-corrected chi connectivity index (χ2v) is 16.2. The van der Waals surface area contributed by atoms with Gasteiger partial charge in [-0.2, -0.15) is 11.8 Å². The third-order valence-corrected chi connectivity index (χ3v) is 12.6. The van der Waals surface area contributed by atoms with Crippen molar-refractivity contribution in [2.75, 3.05) is 30.1 Å². The van der Waals surface area contributed by atoms with Gasteiger partial charge in [-0.1, -0.05) is 34.1 Å². The first kappa shape index (κ1) is 34.2. The highest BCUT2D eigenvalue weighted by Crippen LogP contribution is 2.32. The predicted octanol–water partition coefficient (Wildman–Crippen LogP) is 3.37. The predicted molar refractivity (Wildman–Crippen MR) is 186 cm³/mol. The molecule has 7 atom stereocenters. The van der Waals surface area contributed by atoms with E-state index in [1.807, 2.05) is 25.0 Å². The Balaban J connectivity index is 1.50. The van der Waals surface area contributed by atoms with Crippen LogP contribution in [0.1, 0.15) is 74.9 Å². The van der Waals surface area contributed by atoms with Crippen molar-refractivity contribution in [2.45, 2.75) is 89.6 Å². The van der Waals surface area contributed by atoms with Crippen LogP contribution < -0.4 is 16.0 Å². The maximum absolute atomic E-state index is 14.0. The number of thiazole rings is 1. The number of thioether (sulfide) groups is 3. The molecule has 3 N–H and O–H groups in total. The van der Waals surface area contributed by atoms with E-state index in [9.17, 15) is 19.2 Å². The van der Waals surface area contributed by atoms with Gasteiger partial charge >= 0.3 is 0 Å². The summed E-state index contributed by atoms with van der Waals surface area (Å²) in [4.78, 5) is 70.6. The molecule has 4 aliphatic heterocycles. The lowest BCUT2D eigenvalue weighted by atomic mass is 9.99. The topological polar surface area (TPSA) is 145 Å². The number of aliphatic imine (C=N–C) groups is 2. The summed E-state index contributed by atoms with van der Waals surface area (Å²) in [6, 6.07) is -2.86. The van der Waals surface area contributed by atoms with E-state index in [-0.39, 0.29) is 53.6 Å². The first-order chi connectivity index (χ1) is 21.6. The summed E-state index contributed by atoms with van der Waals surface area (Å²) < 4.78 is 0. The lowest BCUT2D eigenvalue weighted by Gasteiger charge is -2.31. The zero-order valence-electron chi connectivity index (χ0n) is 26.4. The molecule has 15 heteroatoms. The van der Waals surface area contributed by atoms with E-state index in [0.29, 0.717) is 40.2 Å². The van der Waals surface area contributed by atoms with Crippen molar-refractivity contribution < 1.29 is 19.2 Å².